The van der Waals surface area contributed by atoms with Gasteiger partial charge in [0.1, 0.15) is 0 Å². The van der Waals surface area contributed by atoms with Crippen LogP contribution in [0.2, 0.25) is 3.12 Å². The van der Waals surface area contributed by atoms with Crippen LogP contribution in [0.5, 0.6) is 0 Å². The second-order valence-corrected chi connectivity index (χ2v) is 11.6. The van der Waals surface area contributed by atoms with Gasteiger partial charge in [0, 0.05) is 0 Å². The summed E-state index contributed by atoms with van der Waals surface area (Å²) < 4.78 is 0.744. The molecule has 2 rings (SSSR count). The van der Waals surface area contributed by atoms with Gasteiger partial charge in [0.25, 0.3) is 0 Å². The van der Waals surface area contributed by atoms with Crippen LogP contribution in [0.25, 0.3) is 0 Å². The van der Waals surface area contributed by atoms with E-state index in [1.807, 2.05) is 0 Å². The van der Waals surface area contributed by atoms with Crippen molar-refractivity contribution in [2.24, 2.45) is 17.3 Å². The van der Waals surface area contributed by atoms with Crippen molar-refractivity contribution in [1.82, 2.24) is 0 Å². The van der Waals surface area contributed by atoms with Crippen molar-refractivity contribution in [3.05, 3.63) is 0 Å². The van der Waals surface area contributed by atoms with Crippen LogP contribution in [0.15, 0.2) is 0 Å². The zero-order chi connectivity index (χ0) is 13.2. The average Bonchev–Trinajstić information content (AvgIpc) is 2.38. The summed E-state index contributed by atoms with van der Waals surface area (Å²) in [6.45, 7) is 7.66. The van der Waals surface area contributed by atoms with Gasteiger partial charge in [0.05, 0.1) is 0 Å². The van der Waals surface area contributed by atoms with Crippen LogP contribution in [-0.2, 0) is 0 Å². The number of hydrogen-bond acceptors (Lipinski definition) is 0. The van der Waals surface area contributed by atoms with Crippen LogP contribution in [0.4, 0.5) is 0 Å². The third kappa shape index (κ3) is 2.97. The van der Waals surface area contributed by atoms with E-state index >= 15 is 0 Å². The molecule has 0 spiro atoms. The van der Waals surface area contributed by atoms with E-state index in [4.69, 9.17) is 0 Å². The Bertz CT molecular complexity index is 233. The van der Waals surface area contributed by atoms with Gasteiger partial charge in [-0.25, -0.2) is 0 Å². The first-order valence-corrected chi connectivity index (χ1v) is 10.5. The molecule has 0 radical (unpaired) electrons. The van der Waals surface area contributed by atoms with Gasteiger partial charge in [-0.1, -0.05) is 0 Å². The van der Waals surface area contributed by atoms with Crippen LogP contribution in [-0.4, -0.2) is 24.7 Å². The van der Waals surface area contributed by atoms with Crippen LogP contribution in [0.1, 0.15) is 85.0 Å². The molecule has 18 heavy (non-hydrogen) atoms. The number of hydrogen-bond donors (Lipinski definition) is 0. The summed E-state index contributed by atoms with van der Waals surface area (Å²) in [5.41, 5.74) is 0.543. The van der Waals surface area contributed by atoms with Crippen molar-refractivity contribution < 1.29 is 0 Å². The Morgan fingerprint density at radius 2 is 1.00 bits per heavy atom. The number of rotatable bonds is 2. The van der Waals surface area contributed by atoms with E-state index in [2.05, 4.69) is 20.8 Å². The van der Waals surface area contributed by atoms with Gasteiger partial charge < -0.3 is 0 Å². The first kappa shape index (κ1) is 15.3. The SMILES string of the molecule is CC(C)(C)[C]([BiH2])(C1CCCCC1)C1CCCCC1. The predicted molar refractivity (Wildman–Crippen MR) is 83.8 cm³/mol. The van der Waals surface area contributed by atoms with Gasteiger partial charge in [0.2, 0.25) is 0 Å². The Balaban J connectivity index is 2.21. The van der Waals surface area contributed by atoms with E-state index in [9.17, 15) is 0 Å². The van der Waals surface area contributed by atoms with Crippen molar-refractivity contribution in [2.45, 2.75) is 88.1 Å². The fourth-order valence-corrected chi connectivity index (χ4v) is 7.31. The summed E-state index contributed by atoms with van der Waals surface area (Å²) in [6.07, 6.45) is 15.3. The van der Waals surface area contributed by atoms with E-state index in [1.165, 1.54) is 38.5 Å². The second-order valence-electron chi connectivity index (χ2n) is 7.85. The summed E-state index contributed by atoms with van der Waals surface area (Å²) in [5.74, 6) is 2.14. The fourth-order valence-electron chi connectivity index (χ4n) is 4.72. The van der Waals surface area contributed by atoms with Crippen LogP contribution in [0, 0.1) is 17.3 Å². The quantitative estimate of drug-likeness (QED) is 0.525. The average molecular weight is 446 g/mol. The van der Waals surface area contributed by atoms with Crippen molar-refractivity contribution in [2.75, 3.05) is 0 Å². The third-order valence-corrected chi connectivity index (χ3v) is 12.9. The van der Waals surface area contributed by atoms with Gasteiger partial charge in [-0.15, -0.1) is 0 Å². The van der Waals surface area contributed by atoms with Crippen molar-refractivity contribution in [3.8, 4) is 0 Å². The van der Waals surface area contributed by atoms with Crippen molar-refractivity contribution in [3.63, 3.8) is 0 Å². The maximum atomic E-state index is 2.55. The van der Waals surface area contributed by atoms with Gasteiger partial charge in [0.15, 0.2) is 0 Å². The van der Waals surface area contributed by atoms with Crippen LogP contribution in [0.3, 0.4) is 0 Å². The third-order valence-electron chi connectivity index (χ3n) is 5.86. The molecule has 0 saturated heterocycles. The molecule has 0 nitrogen and oxygen atoms in total. The molecule has 0 heterocycles. The van der Waals surface area contributed by atoms with E-state index in [1.54, 1.807) is 25.7 Å². The molecule has 0 N–H and O–H groups in total. The Hall–Kier alpha value is 0.883. The Labute approximate surface area is 130 Å². The summed E-state index contributed by atoms with van der Waals surface area (Å²) in [4.78, 5) is 0. The first-order chi connectivity index (χ1) is 8.46. The minimum atomic E-state index is 0.543. The fraction of sp³-hybridized carbons (Fsp3) is 1.00. The molecule has 106 valence electrons. The molecule has 2 fully saturated rings. The summed E-state index contributed by atoms with van der Waals surface area (Å²) in [5, 5.41) is 0. The molecule has 0 unspecified atom stereocenters. The minimum absolute atomic E-state index is 0.543. The monoisotopic (exact) mass is 446 g/mol. The Morgan fingerprint density at radius 3 is 1.28 bits per heavy atom. The molecule has 2 aliphatic carbocycles. The van der Waals surface area contributed by atoms with Crippen LogP contribution >= 0.6 is 0 Å². The molecular formula is C17H33Bi. The summed E-state index contributed by atoms with van der Waals surface area (Å²) in [7, 11) is 0. The second kappa shape index (κ2) is 6.11. The Morgan fingerprint density at radius 1 is 0.667 bits per heavy atom. The van der Waals surface area contributed by atoms with E-state index < -0.39 is 0 Å². The zero-order valence-corrected chi connectivity index (χ0v) is 17.3. The van der Waals surface area contributed by atoms with E-state index in [0.29, 0.717) is 5.41 Å². The molecule has 0 aromatic rings. The molecule has 0 atom stereocenters. The molecule has 0 aromatic heterocycles. The molecule has 0 aromatic carbocycles. The predicted octanol–water partition coefficient (Wildman–Crippen LogP) is 4.98. The van der Waals surface area contributed by atoms with Gasteiger partial charge in [-0.05, 0) is 0 Å². The van der Waals surface area contributed by atoms with E-state index in [-0.39, 0.29) is 0 Å². The molecule has 0 bridgehead atoms. The van der Waals surface area contributed by atoms with Gasteiger partial charge in [-0.3, -0.25) is 0 Å². The first-order valence-electron chi connectivity index (χ1n) is 8.25. The van der Waals surface area contributed by atoms with Crippen LogP contribution < -0.4 is 0 Å². The Kier molecular flexibility index (Phi) is 5.19. The molecule has 1 heteroatoms. The zero-order valence-electron chi connectivity index (χ0n) is 12.8. The molecular weight excluding hydrogens is 413 g/mol. The molecule has 2 aliphatic rings. The molecule has 2 saturated carbocycles. The molecule has 0 aliphatic heterocycles. The van der Waals surface area contributed by atoms with Crippen molar-refractivity contribution >= 4 is 24.7 Å². The normalized spacial score (nSPS) is 25.3. The summed E-state index contributed by atoms with van der Waals surface area (Å²) in [6, 6.07) is 0. The topological polar surface area (TPSA) is 0 Å². The standard InChI is InChI=1S/C17H31.Bi.2H/c1-17(2,3)16(14-10-6-4-7-11-14)15-12-8-5-9-13-15;;;/h14-15H,4-13H2,1-3H3;;;. The van der Waals surface area contributed by atoms with Gasteiger partial charge in [-0.2, -0.15) is 0 Å². The summed E-state index contributed by atoms with van der Waals surface area (Å²) >= 11 is 1.16. The maximum absolute atomic E-state index is 2.55. The van der Waals surface area contributed by atoms with E-state index in [0.717, 1.165) is 39.7 Å². The molecule has 0 amide bonds. The van der Waals surface area contributed by atoms with Crippen molar-refractivity contribution in [1.29, 1.82) is 0 Å². The van der Waals surface area contributed by atoms with Gasteiger partial charge >= 0.3 is 130 Å².